The monoisotopic (exact) mass is 396 g/mol. The van der Waals surface area contributed by atoms with Crippen molar-refractivity contribution < 1.29 is 19.0 Å². The topological polar surface area (TPSA) is 46.5 Å². The summed E-state index contributed by atoms with van der Waals surface area (Å²) >= 11 is 3.56. The zero-order valence-electron chi connectivity index (χ0n) is 13.9. The number of fused-ring (bicyclic) bond motifs is 5. The molecule has 2 saturated carbocycles. The van der Waals surface area contributed by atoms with Gasteiger partial charge in [0.2, 0.25) is 0 Å². The van der Waals surface area contributed by atoms with Gasteiger partial charge in [0.25, 0.3) is 0 Å². The van der Waals surface area contributed by atoms with E-state index in [0.29, 0.717) is 30.2 Å². The van der Waals surface area contributed by atoms with Gasteiger partial charge >= 0.3 is 0 Å². The fraction of sp³-hybridized carbons (Fsp3) is 0.632. The maximum Gasteiger partial charge on any atom is 0.168 e. The average molecular weight is 397 g/mol. The second kappa shape index (κ2) is 5.53. The molecule has 3 aliphatic rings. The Hall–Kier alpha value is -0.940. The summed E-state index contributed by atoms with van der Waals surface area (Å²) in [6.45, 7) is 2.08. The molecule has 0 unspecified atom stereocenters. The fourth-order valence-electron chi connectivity index (χ4n) is 5.64. The van der Waals surface area contributed by atoms with Gasteiger partial charge in [-0.2, -0.15) is 0 Å². The van der Waals surface area contributed by atoms with Gasteiger partial charge in [0.1, 0.15) is 0 Å². The van der Waals surface area contributed by atoms with Gasteiger partial charge in [0.15, 0.2) is 17.3 Å². The molecule has 0 aromatic heterocycles. The van der Waals surface area contributed by atoms with Crippen LogP contribution in [0.4, 0.5) is 4.39 Å². The number of phenolic OH excluding ortho intramolecular Hbond substituents is 1. The Morgan fingerprint density at radius 1 is 1.42 bits per heavy atom. The molecule has 5 heteroatoms. The van der Waals surface area contributed by atoms with Crippen LogP contribution in [0.1, 0.15) is 43.2 Å². The summed E-state index contributed by atoms with van der Waals surface area (Å²) in [7, 11) is 1.68. The first kappa shape index (κ1) is 16.5. The number of alkyl halides is 1. The van der Waals surface area contributed by atoms with Gasteiger partial charge in [-0.05, 0) is 54.7 Å². The molecule has 130 valence electrons. The van der Waals surface area contributed by atoms with E-state index in [4.69, 9.17) is 4.74 Å². The van der Waals surface area contributed by atoms with Crippen molar-refractivity contribution in [3.05, 3.63) is 29.1 Å². The highest BCUT2D eigenvalue weighted by molar-refractivity contribution is 9.10. The lowest BCUT2D eigenvalue weighted by molar-refractivity contribution is -0.134. The number of Topliss-reactive ketones (excluding diaryl/α,β-unsaturated/α-hetero) is 1. The van der Waals surface area contributed by atoms with Gasteiger partial charge in [-0.15, -0.1) is 0 Å². The number of methoxy groups -OCH3 is 1. The summed E-state index contributed by atoms with van der Waals surface area (Å²) in [6, 6.07) is 3.30. The maximum absolute atomic E-state index is 14.4. The number of ketones is 1. The number of carbonyl (C=O) groups is 1. The lowest BCUT2D eigenvalue weighted by atomic mass is 9.54. The molecule has 4 rings (SSSR count). The first-order valence-corrected chi connectivity index (χ1v) is 9.51. The van der Waals surface area contributed by atoms with E-state index < -0.39 is 5.82 Å². The number of hydrogen-bond donors (Lipinski definition) is 1. The van der Waals surface area contributed by atoms with Gasteiger partial charge in [0, 0.05) is 18.4 Å². The lowest BCUT2D eigenvalue weighted by Gasteiger charge is -2.51. The van der Waals surface area contributed by atoms with Crippen LogP contribution in [0.25, 0.3) is 0 Å². The third kappa shape index (κ3) is 2.07. The van der Waals surface area contributed by atoms with Crippen LogP contribution < -0.4 is 0 Å². The van der Waals surface area contributed by atoms with E-state index in [-0.39, 0.29) is 33.8 Å². The molecule has 0 saturated heterocycles. The number of phenols is 1. The molecule has 1 aromatic rings. The molecule has 0 heterocycles. The summed E-state index contributed by atoms with van der Waals surface area (Å²) in [4.78, 5) is 12.7. The minimum atomic E-state index is -0.491. The normalized spacial score (nSPS) is 40.8. The van der Waals surface area contributed by atoms with E-state index in [9.17, 15) is 14.3 Å². The molecule has 3 nitrogen and oxygen atoms in total. The van der Waals surface area contributed by atoms with Crippen LogP contribution in [0.3, 0.4) is 0 Å². The SMILES string of the molecule is CO[C@H]1C[C@]2(C)C(=O)[C@@H](Br)C[C@H]2[C@@H]2CCc3c(ccc(O)c3F)[C@H]21. The quantitative estimate of drug-likeness (QED) is 0.730. The second-order valence-electron chi connectivity index (χ2n) is 7.76. The van der Waals surface area contributed by atoms with Crippen LogP contribution in [-0.4, -0.2) is 28.9 Å². The minimum Gasteiger partial charge on any atom is -0.505 e. The molecule has 0 spiro atoms. The second-order valence-corrected chi connectivity index (χ2v) is 8.87. The first-order chi connectivity index (χ1) is 11.4. The zero-order valence-corrected chi connectivity index (χ0v) is 15.5. The van der Waals surface area contributed by atoms with Crippen molar-refractivity contribution in [1.82, 2.24) is 0 Å². The van der Waals surface area contributed by atoms with Crippen molar-refractivity contribution in [1.29, 1.82) is 0 Å². The lowest BCUT2D eigenvalue weighted by Crippen LogP contribution is -2.49. The van der Waals surface area contributed by atoms with Gasteiger partial charge in [-0.3, -0.25) is 4.79 Å². The van der Waals surface area contributed by atoms with E-state index in [1.807, 2.05) is 6.07 Å². The maximum atomic E-state index is 14.4. The molecule has 1 aromatic carbocycles. The number of carbonyl (C=O) groups excluding carboxylic acids is 1. The van der Waals surface area contributed by atoms with Gasteiger partial charge < -0.3 is 9.84 Å². The molecular formula is C19H22BrFO3. The predicted molar refractivity (Wildman–Crippen MR) is 92.0 cm³/mol. The molecule has 0 aliphatic heterocycles. The highest BCUT2D eigenvalue weighted by Crippen LogP contribution is 2.61. The van der Waals surface area contributed by atoms with Crippen LogP contribution in [0, 0.1) is 23.1 Å². The molecule has 0 radical (unpaired) electrons. The Kier molecular flexibility index (Phi) is 3.81. The summed E-state index contributed by atoms with van der Waals surface area (Å²) in [5.41, 5.74) is 1.23. The standard InChI is InChI=1S/C19H22BrFO3/c1-19-8-15(24-2)16-9-5-6-14(22)17(21)10(9)3-4-11(16)12(19)7-13(20)18(19)23/h5-6,11-13,15-16,22H,3-4,7-8H2,1-2H3/t11-,12-,13-,15-,16+,19-/m0/s1. The van der Waals surface area contributed by atoms with Crippen molar-refractivity contribution in [3.8, 4) is 5.75 Å². The van der Waals surface area contributed by atoms with Gasteiger partial charge in [0.05, 0.1) is 10.9 Å². The van der Waals surface area contributed by atoms with Crippen LogP contribution in [0.5, 0.6) is 5.75 Å². The molecule has 2 fully saturated rings. The number of hydrogen-bond acceptors (Lipinski definition) is 3. The number of halogens is 2. The van der Waals surface area contributed by atoms with E-state index in [2.05, 4.69) is 22.9 Å². The predicted octanol–water partition coefficient (Wildman–Crippen LogP) is 3.95. The molecule has 3 aliphatic carbocycles. The highest BCUT2D eigenvalue weighted by Gasteiger charge is 2.60. The Morgan fingerprint density at radius 2 is 2.17 bits per heavy atom. The van der Waals surface area contributed by atoms with Crippen LogP contribution in [0.15, 0.2) is 12.1 Å². The van der Waals surface area contributed by atoms with E-state index in [1.54, 1.807) is 7.11 Å². The van der Waals surface area contributed by atoms with Crippen molar-refractivity contribution in [2.45, 2.75) is 49.5 Å². The molecule has 24 heavy (non-hydrogen) atoms. The van der Waals surface area contributed by atoms with Crippen LogP contribution in [0.2, 0.25) is 0 Å². The Balaban J connectivity index is 1.82. The van der Waals surface area contributed by atoms with E-state index in [0.717, 1.165) is 18.4 Å². The van der Waals surface area contributed by atoms with Crippen molar-refractivity contribution in [2.24, 2.45) is 17.3 Å². The van der Waals surface area contributed by atoms with Gasteiger partial charge in [-0.25, -0.2) is 4.39 Å². The van der Waals surface area contributed by atoms with E-state index in [1.165, 1.54) is 6.07 Å². The number of benzene rings is 1. The molecule has 1 N–H and O–H groups in total. The van der Waals surface area contributed by atoms with E-state index >= 15 is 0 Å². The molecule has 0 amide bonds. The van der Waals surface area contributed by atoms with Crippen LogP contribution >= 0.6 is 15.9 Å². The molecule has 6 atom stereocenters. The summed E-state index contributed by atoms with van der Waals surface area (Å²) in [5, 5.41) is 9.70. The number of ether oxygens (including phenoxy) is 1. The smallest absolute Gasteiger partial charge is 0.168 e. The molecular weight excluding hydrogens is 375 g/mol. The number of aromatic hydroxyl groups is 1. The highest BCUT2D eigenvalue weighted by atomic mass is 79.9. The largest absolute Gasteiger partial charge is 0.505 e. The number of rotatable bonds is 1. The summed E-state index contributed by atoms with van der Waals surface area (Å²) in [5.74, 6) is 0.231. The first-order valence-electron chi connectivity index (χ1n) is 8.60. The fourth-order valence-corrected chi connectivity index (χ4v) is 6.57. The third-order valence-electron chi connectivity index (χ3n) is 6.78. The van der Waals surface area contributed by atoms with Gasteiger partial charge in [-0.1, -0.05) is 28.9 Å². The third-order valence-corrected chi connectivity index (χ3v) is 7.57. The minimum absolute atomic E-state index is 0.0818. The Labute approximate surface area is 149 Å². The van der Waals surface area contributed by atoms with Crippen molar-refractivity contribution >= 4 is 21.7 Å². The van der Waals surface area contributed by atoms with Crippen molar-refractivity contribution in [2.75, 3.05) is 7.11 Å². The Morgan fingerprint density at radius 3 is 2.88 bits per heavy atom. The zero-order chi connectivity index (χ0) is 17.2. The summed E-state index contributed by atoms with van der Waals surface area (Å²) in [6.07, 6.45) is 2.88. The van der Waals surface area contributed by atoms with Crippen LogP contribution in [-0.2, 0) is 16.0 Å². The molecule has 0 bridgehead atoms. The van der Waals surface area contributed by atoms with Crippen molar-refractivity contribution in [3.63, 3.8) is 0 Å². The average Bonchev–Trinajstić information content (AvgIpc) is 2.80. The Bertz CT molecular complexity index is 706. The summed E-state index contributed by atoms with van der Waals surface area (Å²) < 4.78 is 20.2.